The van der Waals surface area contributed by atoms with Crippen molar-refractivity contribution in [1.29, 1.82) is 0 Å². The summed E-state index contributed by atoms with van der Waals surface area (Å²) in [5.41, 5.74) is 6.71. The van der Waals surface area contributed by atoms with Crippen molar-refractivity contribution >= 4 is 5.82 Å². The Hall–Kier alpha value is -1.13. The Labute approximate surface area is 121 Å². The summed E-state index contributed by atoms with van der Waals surface area (Å²) >= 11 is 0. The number of pyridine rings is 1. The van der Waals surface area contributed by atoms with Crippen molar-refractivity contribution in [3.05, 3.63) is 23.9 Å². The number of ether oxygens (including phenoxy) is 1. The third-order valence-electron chi connectivity index (χ3n) is 4.14. The molecule has 1 heterocycles. The summed E-state index contributed by atoms with van der Waals surface area (Å²) < 4.78 is 5.85. The molecule has 1 aromatic heterocycles. The first-order chi connectivity index (χ1) is 9.70. The molecule has 20 heavy (non-hydrogen) atoms. The number of nitrogen functional groups attached to an aromatic ring is 1. The van der Waals surface area contributed by atoms with E-state index >= 15 is 0 Å². The summed E-state index contributed by atoms with van der Waals surface area (Å²) in [6.07, 6.45) is 7.88. The molecule has 112 valence electrons. The molecule has 1 aromatic rings. The van der Waals surface area contributed by atoms with Gasteiger partial charge in [0, 0.05) is 19.2 Å². The Morgan fingerprint density at radius 2 is 2.15 bits per heavy atom. The van der Waals surface area contributed by atoms with Crippen LogP contribution in [0, 0.1) is 5.92 Å². The fourth-order valence-electron chi connectivity index (χ4n) is 3.20. The van der Waals surface area contributed by atoms with E-state index in [9.17, 15) is 5.11 Å². The molecule has 0 aromatic carbocycles. The lowest BCUT2D eigenvalue weighted by Gasteiger charge is -2.33. The largest absolute Gasteiger partial charge is 0.390 e. The van der Waals surface area contributed by atoms with Crippen molar-refractivity contribution in [2.75, 3.05) is 12.3 Å². The van der Waals surface area contributed by atoms with Gasteiger partial charge in [-0.1, -0.05) is 19.3 Å². The van der Waals surface area contributed by atoms with Crippen LogP contribution in [0.2, 0.25) is 0 Å². The fraction of sp³-hybridized carbons (Fsp3) is 0.688. The van der Waals surface area contributed by atoms with Crippen molar-refractivity contribution in [1.82, 2.24) is 4.98 Å². The number of anilines is 1. The molecular weight excluding hydrogens is 252 g/mol. The molecular formula is C16H26N2O2. The van der Waals surface area contributed by atoms with Crippen LogP contribution in [-0.2, 0) is 11.2 Å². The van der Waals surface area contributed by atoms with Crippen molar-refractivity contribution in [2.24, 2.45) is 5.92 Å². The van der Waals surface area contributed by atoms with E-state index in [-0.39, 0.29) is 6.10 Å². The van der Waals surface area contributed by atoms with Gasteiger partial charge < -0.3 is 15.6 Å². The minimum Gasteiger partial charge on any atom is -0.390 e. The van der Waals surface area contributed by atoms with Crippen LogP contribution in [0.15, 0.2) is 18.3 Å². The molecule has 2 atom stereocenters. The van der Waals surface area contributed by atoms with Crippen LogP contribution in [0.5, 0.6) is 0 Å². The Morgan fingerprint density at radius 1 is 1.40 bits per heavy atom. The lowest BCUT2D eigenvalue weighted by molar-refractivity contribution is -0.0715. The number of rotatable bonds is 6. The molecule has 4 heteroatoms. The van der Waals surface area contributed by atoms with Gasteiger partial charge in [-0.2, -0.15) is 0 Å². The van der Waals surface area contributed by atoms with Gasteiger partial charge in [0.05, 0.1) is 12.2 Å². The molecule has 1 fully saturated rings. The van der Waals surface area contributed by atoms with E-state index in [1.165, 1.54) is 32.1 Å². The maximum atomic E-state index is 10.6. The number of nitrogens with two attached hydrogens (primary N) is 1. The summed E-state index contributed by atoms with van der Waals surface area (Å²) in [4.78, 5) is 3.98. The molecule has 4 nitrogen and oxygen atoms in total. The number of aliphatic hydroxyl groups is 1. The third-order valence-corrected chi connectivity index (χ3v) is 4.14. The molecule has 1 aliphatic carbocycles. The van der Waals surface area contributed by atoms with Gasteiger partial charge in [-0.15, -0.1) is 0 Å². The lowest BCUT2D eigenvalue weighted by Crippen LogP contribution is -2.38. The molecule has 0 radical (unpaired) electrons. The van der Waals surface area contributed by atoms with Crippen LogP contribution >= 0.6 is 0 Å². The number of hydrogen-bond donors (Lipinski definition) is 2. The van der Waals surface area contributed by atoms with Crippen molar-refractivity contribution in [3.63, 3.8) is 0 Å². The zero-order valence-corrected chi connectivity index (χ0v) is 12.3. The standard InChI is InChI=1S/C16H26N2O2/c1-2-20-16(13-6-4-3-5-7-13)14(19)10-12-8-9-18-15(17)11-12/h8-9,11,13-14,16,19H,2-7,10H2,1H3,(H2,17,18). The SMILES string of the molecule is CCOC(C(O)Cc1ccnc(N)c1)C1CCCCC1. The van der Waals surface area contributed by atoms with E-state index in [0.717, 1.165) is 5.56 Å². The molecule has 1 saturated carbocycles. The zero-order chi connectivity index (χ0) is 14.4. The van der Waals surface area contributed by atoms with Gasteiger partial charge in [0.15, 0.2) is 0 Å². The van der Waals surface area contributed by atoms with Crippen molar-refractivity contribution < 1.29 is 9.84 Å². The minimum absolute atomic E-state index is 0.0605. The molecule has 2 unspecified atom stereocenters. The van der Waals surface area contributed by atoms with Gasteiger partial charge in [0.25, 0.3) is 0 Å². The first-order valence-corrected chi connectivity index (χ1v) is 7.70. The van der Waals surface area contributed by atoms with Crippen LogP contribution in [0.1, 0.15) is 44.6 Å². The molecule has 0 spiro atoms. The third kappa shape index (κ3) is 4.18. The average Bonchev–Trinajstić information content (AvgIpc) is 2.45. The van der Waals surface area contributed by atoms with E-state index in [2.05, 4.69) is 4.98 Å². The van der Waals surface area contributed by atoms with Crippen molar-refractivity contribution in [2.45, 2.75) is 57.7 Å². The molecule has 0 aliphatic heterocycles. The van der Waals surface area contributed by atoms with Crippen LogP contribution < -0.4 is 5.73 Å². The first kappa shape index (κ1) is 15.3. The summed E-state index contributed by atoms with van der Waals surface area (Å²) in [6.45, 7) is 2.64. The second kappa shape index (κ2) is 7.60. The van der Waals surface area contributed by atoms with Gasteiger partial charge >= 0.3 is 0 Å². The maximum absolute atomic E-state index is 10.6. The van der Waals surface area contributed by atoms with Crippen LogP contribution in [0.3, 0.4) is 0 Å². The Kier molecular flexibility index (Phi) is 5.80. The highest BCUT2D eigenvalue weighted by Crippen LogP contribution is 2.30. The molecule has 1 aliphatic rings. The topological polar surface area (TPSA) is 68.4 Å². The summed E-state index contributed by atoms with van der Waals surface area (Å²) in [6, 6.07) is 3.73. The summed E-state index contributed by atoms with van der Waals surface area (Å²) in [5.74, 6) is 0.984. The van der Waals surface area contributed by atoms with Gasteiger partial charge in [-0.05, 0) is 43.4 Å². The smallest absolute Gasteiger partial charge is 0.123 e. The average molecular weight is 278 g/mol. The lowest BCUT2D eigenvalue weighted by atomic mass is 9.82. The first-order valence-electron chi connectivity index (χ1n) is 7.70. The van der Waals surface area contributed by atoms with Gasteiger partial charge in [-0.25, -0.2) is 4.98 Å². The monoisotopic (exact) mass is 278 g/mol. The van der Waals surface area contributed by atoms with Gasteiger partial charge in [-0.3, -0.25) is 0 Å². The second-order valence-electron chi connectivity index (χ2n) is 5.68. The quantitative estimate of drug-likeness (QED) is 0.839. The van der Waals surface area contributed by atoms with Crippen LogP contribution in [0.4, 0.5) is 5.82 Å². The Balaban J connectivity index is 2.00. The highest BCUT2D eigenvalue weighted by Gasteiger charge is 2.30. The number of hydrogen-bond acceptors (Lipinski definition) is 4. The van der Waals surface area contributed by atoms with Gasteiger partial charge in [0.2, 0.25) is 0 Å². The number of aliphatic hydroxyl groups excluding tert-OH is 1. The summed E-state index contributed by atoms with van der Waals surface area (Å²) in [5, 5.41) is 10.6. The number of aromatic nitrogens is 1. The predicted octanol–water partition coefficient (Wildman–Crippen LogP) is 2.55. The summed E-state index contributed by atoms with van der Waals surface area (Å²) in [7, 11) is 0. The highest BCUT2D eigenvalue weighted by molar-refractivity contribution is 5.32. The molecule has 0 amide bonds. The minimum atomic E-state index is -0.472. The Bertz CT molecular complexity index is 405. The highest BCUT2D eigenvalue weighted by atomic mass is 16.5. The second-order valence-corrected chi connectivity index (χ2v) is 5.68. The van der Waals surface area contributed by atoms with Gasteiger partial charge in [0.1, 0.15) is 5.82 Å². The number of nitrogens with zero attached hydrogens (tertiary/aromatic N) is 1. The molecule has 0 saturated heterocycles. The van der Waals surface area contributed by atoms with E-state index in [1.54, 1.807) is 6.20 Å². The molecule has 0 bridgehead atoms. The fourth-order valence-corrected chi connectivity index (χ4v) is 3.20. The van der Waals surface area contributed by atoms with Crippen LogP contribution in [0.25, 0.3) is 0 Å². The normalized spacial score (nSPS) is 19.7. The van der Waals surface area contributed by atoms with Crippen molar-refractivity contribution in [3.8, 4) is 0 Å². The molecule has 2 rings (SSSR count). The van der Waals surface area contributed by atoms with E-state index < -0.39 is 6.10 Å². The maximum Gasteiger partial charge on any atom is 0.123 e. The predicted molar refractivity (Wildman–Crippen MR) is 80.3 cm³/mol. The van der Waals surface area contributed by atoms with Crippen LogP contribution in [-0.4, -0.2) is 28.9 Å². The van der Waals surface area contributed by atoms with E-state index in [4.69, 9.17) is 10.5 Å². The molecule has 3 N–H and O–H groups in total. The zero-order valence-electron chi connectivity index (χ0n) is 12.3. The van der Waals surface area contributed by atoms with E-state index in [1.807, 2.05) is 19.1 Å². The van der Waals surface area contributed by atoms with E-state index in [0.29, 0.717) is 24.8 Å². The Morgan fingerprint density at radius 3 is 2.80 bits per heavy atom.